The molecule has 1 aliphatic carbocycles. The Morgan fingerprint density at radius 3 is 2.70 bits per heavy atom. The van der Waals surface area contributed by atoms with Crippen molar-refractivity contribution in [1.29, 1.82) is 0 Å². The van der Waals surface area contributed by atoms with Crippen molar-refractivity contribution >= 4 is 46.2 Å². The third-order valence-corrected chi connectivity index (χ3v) is 6.52. The van der Waals surface area contributed by atoms with Gasteiger partial charge in [-0.2, -0.15) is 5.10 Å². The van der Waals surface area contributed by atoms with Crippen LogP contribution in [0.1, 0.15) is 41.8 Å². The molecule has 9 nitrogen and oxygen atoms in total. The number of anilines is 2. The molecule has 0 atom stereocenters. The van der Waals surface area contributed by atoms with Crippen LogP contribution in [0.5, 0.6) is 11.5 Å². The van der Waals surface area contributed by atoms with Crippen LogP contribution in [0.25, 0.3) is 5.70 Å². The van der Waals surface area contributed by atoms with Gasteiger partial charge in [0, 0.05) is 23.5 Å². The largest absolute Gasteiger partial charge is 0.454 e. The molecule has 1 aromatic heterocycles. The van der Waals surface area contributed by atoms with Gasteiger partial charge < -0.3 is 20.5 Å². The van der Waals surface area contributed by atoms with Crippen molar-refractivity contribution in [3.8, 4) is 11.5 Å². The predicted octanol–water partition coefficient (Wildman–Crippen LogP) is 4.76. The van der Waals surface area contributed by atoms with E-state index in [-0.39, 0.29) is 29.1 Å². The number of allylic oxidation sites excluding steroid dienone is 1. The van der Waals surface area contributed by atoms with Gasteiger partial charge in [0.25, 0.3) is 11.8 Å². The zero-order valence-electron chi connectivity index (χ0n) is 20.2. The summed E-state index contributed by atoms with van der Waals surface area (Å²) in [6, 6.07) is 14.4. The Bertz CT molecular complexity index is 1480. The Kier molecular flexibility index (Phi) is 6.54. The second kappa shape index (κ2) is 9.94. The molecule has 2 amide bonds. The summed E-state index contributed by atoms with van der Waals surface area (Å²) in [5.41, 5.74) is 11.0. The third kappa shape index (κ3) is 4.85. The Labute approximate surface area is 218 Å². The number of rotatable bonds is 6. The van der Waals surface area contributed by atoms with E-state index in [0.717, 1.165) is 35.2 Å². The minimum atomic E-state index is -0.630. The summed E-state index contributed by atoms with van der Waals surface area (Å²) in [5, 5.41) is 9.33. The van der Waals surface area contributed by atoms with Crippen LogP contribution in [0.4, 0.5) is 11.4 Å². The molecule has 0 fully saturated rings. The van der Waals surface area contributed by atoms with Gasteiger partial charge in [-0.1, -0.05) is 17.7 Å². The second-order valence-electron chi connectivity index (χ2n) is 8.70. The van der Waals surface area contributed by atoms with E-state index < -0.39 is 5.91 Å². The van der Waals surface area contributed by atoms with E-state index in [1.54, 1.807) is 30.1 Å². The Balaban J connectivity index is 1.58. The summed E-state index contributed by atoms with van der Waals surface area (Å²) in [6.07, 6.45) is 3.14. The molecule has 3 N–H and O–H groups in total. The van der Waals surface area contributed by atoms with Crippen molar-refractivity contribution in [1.82, 2.24) is 4.98 Å². The van der Waals surface area contributed by atoms with Crippen LogP contribution >= 0.6 is 11.6 Å². The molecule has 188 valence electrons. The molecule has 0 bridgehead atoms. The van der Waals surface area contributed by atoms with Crippen LogP contribution in [0.3, 0.4) is 0 Å². The SMILES string of the molecule is CC1=C(N(/N=C(\C)C(N)=O)c2ccc3c(c2)OCO3)c2cc(NC(=O)c3cccnc3Cl)ccc2CC1. The minimum absolute atomic E-state index is 0.125. The number of pyridine rings is 1. The molecule has 5 rings (SSSR count). The molecule has 0 radical (unpaired) electrons. The number of nitrogens with zero attached hydrogens (tertiary/aromatic N) is 3. The van der Waals surface area contributed by atoms with Crippen molar-refractivity contribution in [3.63, 3.8) is 0 Å². The van der Waals surface area contributed by atoms with Crippen molar-refractivity contribution in [3.05, 3.63) is 82.1 Å². The topological polar surface area (TPSA) is 119 Å². The molecule has 2 heterocycles. The number of halogens is 1. The van der Waals surface area contributed by atoms with E-state index in [9.17, 15) is 9.59 Å². The van der Waals surface area contributed by atoms with Gasteiger partial charge >= 0.3 is 0 Å². The molecular weight excluding hydrogens is 494 g/mol. The van der Waals surface area contributed by atoms with Gasteiger partial charge in [0.15, 0.2) is 11.5 Å². The quantitative estimate of drug-likeness (QED) is 0.276. The van der Waals surface area contributed by atoms with E-state index in [0.29, 0.717) is 22.9 Å². The first-order chi connectivity index (χ1) is 17.8. The number of nitrogens with one attached hydrogen (secondary N) is 1. The smallest absolute Gasteiger partial charge is 0.264 e. The lowest BCUT2D eigenvalue weighted by Crippen LogP contribution is -2.27. The number of hydrogen-bond acceptors (Lipinski definition) is 7. The number of hydrogen-bond donors (Lipinski definition) is 2. The zero-order valence-corrected chi connectivity index (χ0v) is 21.0. The normalized spacial score (nSPS) is 14.3. The highest BCUT2D eigenvalue weighted by molar-refractivity contribution is 6.37. The number of amides is 2. The van der Waals surface area contributed by atoms with Crippen LogP contribution in [-0.4, -0.2) is 29.3 Å². The number of ether oxygens (including phenoxy) is 2. The summed E-state index contributed by atoms with van der Waals surface area (Å²) >= 11 is 6.11. The van der Waals surface area contributed by atoms with Crippen LogP contribution in [0, 0.1) is 0 Å². The third-order valence-electron chi connectivity index (χ3n) is 6.22. The number of aryl methyl sites for hydroxylation is 1. The van der Waals surface area contributed by atoms with Crippen molar-refractivity contribution in [2.75, 3.05) is 17.1 Å². The number of benzene rings is 2. The van der Waals surface area contributed by atoms with E-state index in [4.69, 9.17) is 26.8 Å². The molecule has 2 aliphatic rings. The fraction of sp³-hybridized carbons (Fsp3) is 0.185. The van der Waals surface area contributed by atoms with E-state index in [1.807, 2.05) is 37.3 Å². The highest BCUT2D eigenvalue weighted by Gasteiger charge is 2.26. The van der Waals surface area contributed by atoms with Gasteiger partial charge in [-0.15, -0.1) is 0 Å². The first kappa shape index (κ1) is 24.3. The number of hydrazone groups is 1. The maximum atomic E-state index is 12.9. The molecule has 2 aromatic carbocycles. The molecule has 0 unspecified atom stereocenters. The van der Waals surface area contributed by atoms with E-state index in [2.05, 4.69) is 15.4 Å². The number of fused-ring (bicyclic) bond motifs is 2. The van der Waals surface area contributed by atoms with E-state index in [1.165, 1.54) is 6.20 Å². The molecule has 10 heteroatoms. The summed E-state index contributed by atoms with van der Waals surface area (Å²) in [5.74, 6) is 0.215. The summed E-state index contributed by atoms with van der Waals surface area (Å²) in [7, 11) is 0. The van der Waals surface area contributed by atoms with Gasteiger partial charge in [-0.25, -0.2) is 9.99 Å². The number of carbonyl (C=O) groups is 2. The Hall–Kier alpha value is -4.37. The number of carbonyl (C=O) groups excluding carboxylic acids is 2. The van der Waals surface area contributed by atoms with Crippen LogP contribution in [0.2, 0.25) is 5.15 Å². The first-order valence-corrected chi connectivity index (χ1v) is 12.0. The molecule has 0 spiro atoms. The van der Waals surface area contributed by atoms with Crippen molar-refractivity contribution in [2.24, 2.45) is 10.8 Å². The van der Waals surface area contributed by atoms with Crippen LogP contribution < -0.4 is 25.5 Å². The lowest BCUT2D eigenvalue weighted by Gasteiger charge is -2.30. The zero-order chi connectivity index (χ0) is 26.1. The highest BCUT2D eigenvalue weighted by Crippen LogP contribution is 2.41. The standard InChI is InChI=1S/C27H24ClN5O4/c1-15-5-6-17-7-8-18(31-27(35)20-4-3-11-30-25(20)28)12-21(17)24(15)33(32-16(2)26(29)34)19-9-10-22-23(13-19)37-14-36-22/h3-4,7-13H,5-6,14H2,1-2H3,(H2,29,34)(H,31,35)/b32-16+. The molecule has 0 saturated carbocycles. The Morgan fingerprint density at radius 1 is 1.11 bits per heavy atom. The second-order valence-corrected chi connectivity index (χ2v) is 9.05. The Morgan fingerprint density at radius 2 is 1.92 bits per heavy atom. The molecule has 1 aliphatic heterocycles. The fourth-order valence-electron chi connectivity index (χ4n) is 4.26. The average Bonchev–Trinajstić information content (AvgIpc) is 3.35. The van der Waals surface area contributed by atoms with Gasteiger partial charge in [0.1, 0.15) is 10.9 Å². The lowest BCUT2D eigenvalue weighted by molar-refractivity contribution is -0.112. The van der Waals surface area contributed by atoms with Crippen molar-refractivity contribution in [2.45, 2.75) is 26.7 Å². The molecule has 0 saturated heterocycles. The van der Waals surface area contributed by atoms with Crippen LogP contribution in [-0.2, 0) is 11.2 Å². The fourth-order valence-corrected chi connectivity index (χ4v) is 4.47. The van der Waals surface area contributed by atoms with Gasteiger partial charge in [0.2, 0.25) is 6.79 Å². The average molecular weight is 518 g/mol. The molecule has 3 aromatic rings. The molecular formula is C27H24ClN5O4. The highest BCUT2D eigenvalue weighted by atomic mass is 35.5. The molecule has 37 heavy (non-hydrogen) atoms. The number of primary amides is 1. The number of nitrogens with two attached hydrogens (primary N) is 1. The minimum Gasteiger partial charge on any atom is -0.454 e. The van der Waals surface area contributed by atoms with Crippen LogP contribution in [0.15, 0.2) is 65.4 Å². The first-order valence-electron chi connectivity index (χ1n) is 11.6. The van der Waals surface area contributed by atoms with Gasteiger partial charge in [-0.3, -0.25) is 9.59 Å². The summed E-state index contributed by atoms with van der Waals surface area (Å²) in [6.45, 7) is 3.72. The monoisotopic (exact) mass is 517 g/mol. The summed E-state index contributed by atoms with van der Waals surface area (Å²) < 4.78 is 11.0. The lowest BCUT2D eigenvalue weighted by atomic mass is 9.89. The number of aromatic nitrogens is 1. The van der Waals surface area contributed by atoms with Crippen molar-refractivity contribution < 1.29 is 19.1 Å². The van der Waals surface area contributed by atoms with E-state index >= 15 is 0 Å². The van der Waals surface area contributed by atoms with Gasteiger partial charge in [-0.05, 0) is 74.2 Å². The summed E-state index contributed by atoms with van der Waals surface area (Å²) in [4.78, 5) is 28.8. The maximum absolute atomic E-state index is 12.9. The predicted molar refractivity (Wildman–Crippen MR) is 142 cm³/mol. The maximum Gasteiger partial charge on any atom is 0.264 e. The van der Waals surface area contributed by atoms with Gasteiger partial charge in [0.05, 0.1) is 16.9 Å².